The Morgan fingerprint density at radius 2 is 1.86 bits per heavy atom. The van der Waals surface area contributed by atoms with Crippen molar-refractivity contribution < 1.29 is 14.4 Å². The van der Waals surface area contributed by atoms with Gasteiger partial charge in [0.1, 0.15) is 5.54 Å². The molecule has 116 valence electrons. The molecule has 0 aromatic carbocycles. The van der Waals surface area contributed by atoms with Gasteiger partial charge >= 0.3 is 6.03 Å². The van der Waals surface area contributed by atoms with Gasteiger partial charge in [0.25, 0.3) is 5.91 Å². The molecule has 0 bridgehead atoms. The fourth-order valence-corrected chi connectivity index (χ4v) is 4.28. The van der Waals surface area contributed by atoms with Crippen molar-refractivity contribution in [2.75, 3.05) is 31.1 Å². The standard InChI is InChI=1S/C14H21N3O3S/c18-11(16-7-9-21-10-8-16)3-6-17-12(19)14(15-13(17)20)4-1-2-5-14/h1-10H2,(H,15,20). The first-order valence-electron chi connectivity index (χ1n) is 7.62. The minimum absolute atomic E-state index is 0.0447. The molecular weight excluding hydrogens is 290 g/mol. The van der Waals surface area contributed by atoms with E-state index >= 15 is 0 Å². The molecule has 2 aliphatic heterocycles. The van der Waals surface area contributed by atoms with Crippen LogP contribution in [-0.4, -0.2) is 64.3 Å². The van der Waals surface area contributed by atoms with E-state index in [1.807, 2.05) is 16.7 Å². The summed E-state index contributed by atoms with van der Waals surface area (Å²) >= 11 is 1.85. The highest BCUT2D eigenvalue weighted by Crippen LogP contribution is 2.35. The van der Waals surface area contributed by atoms with Crippen LogP contribution in [0.15, 0.2) is 0 Å². The van der Waals surface area contributed by atoms with Gasteiger partial charge in [0.15, 0.2) is 0 Å². The maximum atomic E-state index is 12.4. The van der Waals surface area contributed by atoms with Gasteiger partial charge in [-0.3, -0.25) is 14.5 Å². The van der Waals surface area contributed by atoms with Crippen molar-refractivity contribution in [2.24, 2.45) is 0 Å². The minimum Gasteiger partial charge on any atom is -0.341 e. The van der Waals surface area contributed by atoms with Crippen LogP contribution in [0.2, 0.25) is 0 Å². The van der Waals surface area contributed by atoms with Gasteiger partial charge in [-0.15, -0.1) is 0 Å². The lowest BCUT2D eigenvalue weighted by Crippen LogP contribution is -2.44. The molecule has 1 spiro atoms. The van der Waals surface area contributed by atoms with E-state index < -0.39 is 5.54 Å². The molecule has 2 heterocycles. The number of carbonyl (C=O) groups is 3. The van der Waals surface area contributed by atoms with Crippen LogP contribution in [0, 0.1) is 0 Å². The monoisotopic (exact) mass is 311 g/mol. The fraction of sp³-hybridized carbons (Fsp3) is 0.786. The predicted octanol–water partition coefficient (Wildman–Crippen LogP) is 0.817. The topological polar surface area (TPSA) is 69.7 Å². The number of nitrogens with one attached hydrogen (secondary N) is 1. The average Bonchev–Trinajstić information content (AvgIpc) is 3.05. The lowest BCUT2D eigenvalue weighted by molar-refractivity contribution is -0.133. The molecule has 7 heteroatoms. The lowest BCUT2D eigenvalue weighted by Gasteiger charge is -2.27. The predicted molar refractivity (Wildman–Crippen MR) is 80.0 cm³/mol. The van der Waals surface area contributed by atoms with Crippen LogP contribution in [-0.2, 0) is 9.59 Å². The third-order valence-corrected chi connectivity index (χ3v) is 5.56. The second-order valence-corrected chi connectivity index (χ2v) is 7.14. The molecule has 0 atom stereocenters. The Balaban J connectivity index is 1.56. The van der Waals surface area contributed by atoms with Crippen molar-refractivity contribution >= 4 is 29.6 Å². The van der Waals surface area contributed by atoms with Crippen molar-refractivity contribution in [3.8, 4) is 0 Å². The van der Waals surface area contributed by atoms with E-state index in [-0.39, 0.29) is 30.8 Å². The maximum Gasteiger partial charge on any atom is 0.325 e. The number of imide groups is 1. The first kappa shape index (κ1) is 14.7. The summed E-state index contributed by atoms with van der Waals surface area (Å²) in [5.74, 6) is 1.85. The molecule has 1 saturated carbocycles. The summed E-state index contributed by atoms with van der Waals surface area (Å²) in [7, 11) is 0. The summed E-state index contributed by atoms with van der Waals surface area (Å²) in [5, 5.41) is 2.84. The van der Waals surface area contributed by atoms with Gasteiger partial charge in [-0.05, 0) is 12.8 Å². The van der Waals surface area contributed by atoms with E-state index in [9.17, 15) is 14.4 Å². The van der Waals surface area contributed by atoms with E-state index in [2.05, 4.69) is 5.32 Å². The number of hydrogen-bond donors (Lipinski definition) is 1. The Morgan fingerprint density at radius 3 is 2.52 bits per heavy atom. The van der Waals surface area contributed by atoms with Crippen molar-refractivity contribution in [3.05, 3.63) is 0 Å². The Morgan fingerprint density at radius 1 is 1.19 bits per heavy atom. The van der Waals surface area contributed by atoms with Gasteiger partial charge < -0.3 is 10.2 Å². The van der Waals surface area contributed by atoms with Crippen molar-refractivity contribution in [3.63, 3.8) is 0 Å². The SMILES string of the molecule is O=C(CCN1C(=O)NC2(CCCC2)C1=O)N1CCSCC1. The lowest BCUT2D eigenvalue weighted by atomic mass is 9.98. The molecule has 0 aromatic heterocycles. The number of nitrogens with zero attached hydrogens (tertiary/aromatic N) is 2. The van der Waals surface area contributed by atoms with Gasteiger partial charge in [0, 0.05) is 37.6 Å². The second kappa shape index (κ2) is 5.87. The Labute approximate surface area is 128 Å². The van der Waals surface area contributed by atoms with E-state index in [1.54, 1.807) is 0 Å². The molecular formula is C14H21N3O3S. The number of urea groups is 1. The number of rotatable bonds is 3. The number of carbonyl (C=O) groups excluding carboxylic acids is 3. The van der Waals surface area contributed by atoms with Crippen LogP contribution < -0.4 is 5.32 Å². The molecule has 0 unspecified atom stereocenters. The summed E-state index contributed by atoms with van der Waals surface area (Å²) < 4.78 is 0. The minimum atomic E-state index is -0.665. The largest absolute Gasteiger partial charge is 0.341 e. The van der Waals surface area contributed by atoms with Gasteiger partial charge in [-0.25, -0.2) is 4.79 Å². The Bertz CT molecular complexity index is 456. The highest BCUT2D eigenvalue weighted by molar-refractivity contribution is 7.99. The average molecular weight is 311 g/mol. The zero-order valence-electron chi connectivity index (χ0n) is 12.1. The van der Waals surface area contributed by atoms with Crippen molar-refractivity contribution in [2.45, 2.75) is 37.6 Å². The third-order valence-electron chi connectivity index (χ3n) is 4.62. The molecule has 3 fully saturated rings. The highest BCUT2D eigenvalue weighted by atomic mass is 32.2. The molecule has 3 aliphatic rings. The van der Waals surface area contributed by atoms with Crippen LogP contribution in [0.1, 0.15) is 32.1 Å². The Kier molecular flexibility index (Phi) is 4.10. The van der Waals surface area contributed by atoms with Gasteiger partial charge in [0.2, 0.25) is 5.91 Å². The fourth-order valence-electron chi connectivity index (χ4n) is 3.38. The quantitative estimate of drug-likeness (QED) is 0.783. The highest BCUT2D eigenvalue weighted by Gasteiger charge is 2.52. The first-order chi connectivity index (χ1) is 10.1. The van der Waals surface area contributed by atoms with Crippen LogP contribution in [0.25, 0.3) is 0 Å². The van der Waals surface area contributed by atoms with E-state index in [4.69, 9.17) is 0 Å². The first-order valence-corrected chi connectivity index (χ1v) is 8.77. The number of amides is 4. The van der Waals surface area contributed by atoms with Crippen LogP contribution >= 0.6 is 11.8 Å². The van der Waals surface area contributed by atoms with Crippen LogP contribution in [0.3, 0.4) is 0 Å². The third kappa shape index (κ3) is 2.75. The van der Waals surface area contributed by atoms with E-state index in [0.717, 1.165) is 50.3 Å². The number of hydrogen-bond acceptors (Lipinski definition) is 4. The summed E-state index contributed by atoms with van der Waals surface area (Å²) in [6, 6.07) is -0.330. The molecule has 6 nitrogen and oxygen atoms in total. The smallest absolute Gasteiger partial charge is 0.325 e. The van der Waals surface area contributed by atoms with Crippen molar-refractivity contribution in [1.82, 2.24) is 15.1 Å². The maximum absolute atomic E-state index is 12.4. The van der Waals surface area contributed by atoms with Crippen LogP contribution in [0.4, 0.5) is 4.79 Å². The normalized spacial score (nSPS) is 24.8. The van der Waals surface area contributed by atoms with Gasteiger partial charge in [-0.1, -0.05) is 12.8 Å². The zero-order valence-corrected chi connectivity index (χ0v) is 12.9. The Hall–Kier alpha value is -1.24. The summed E-state index contributed by atoms with van der Waals surface area (Å²) in [6.45, 7) is 1.75. The van der Waals surface area contributed by atoms with E-state index in [1.165, 1.54) is 4.90 Å². The summed E-state index contributed by atoms with van der Waals surface area (Å²) in [5.41, 5.74) is -0.665. The molecule has 3 rings (SSSR count). The van der Waals surface area contributed by atoms with Crippen molar-refractivity contribution in [1.29, 1.82) is 0 Å². The molecule has 2 saturated heterocycles. The molecule has 1 aliphatic carbocycles. The zero-order chi connectivity index (χ0) is 14.9. The summed E-state index contributed by atoms with van der Waals surface area (Å²) in [6.07, 6.45) is 3.64. The molecule has 21 heavy (non-hydrogen) atoms. The molecule has 4 amide bonds. The van der Waals surface area contributed by atoms with Crippen LogP contribution in [0.5, 0.6) is 0 Å². The second-order valence-electron chi connectivity index (χ2n) is 5.92. The molecule has 0 radical (unpaired) electrons. The summed E-state index contributed by atoms with van der Waals surface area (Å²) in [4.78, 5) is 39.6. The number of thioether (sulfide) groups is 1. The van der Waals surface area contributed by atoms with E-state index in [0.29, 0.717) is 0 Å². The van der Waals surface area contributed by atoms with Gasteiger partial charge in [0.05, 0.1) is 0 Å². The molecule has 1 N–H and O–H groups in total. The van der Waals surface area contributed by atoms with Gasteiger partial charge in [-0.2, -0.15) is 11.8 Å². The molecule has 0 aromatic rings.